The molecular formula is C13H18O2. The summed E-state index contributed by atoms with van der Waals surface area (Å²) in [5.74, 6) is 0.442. The maximum Gasteiger partial charge on any atom is 0.0804 e. The van der Waals surface area contributed by atoms with E-state index in [0.29, 0.717) is 18.8 Å². The van der Waals surface area contributed by atoms with Gasteiger partial charge < -0.3 is 10.2 Å². The van der Waals surface area contributed by atoms with E-state index in [9.17, 15) is 10.2 Å². The third-order valence-corrected chi connectivity index (χ3v) is 3.35. The lowest BCUT2D eigenvalue weighted by Crippen LogP contribution is -2.30. The molecule has 0 aliphatic heterocycles. The number of benzene rings is 1. The average molecular weight is 206 g/mol. The van der Waals surface area contributed by atoms with Gasteiger partial charge in [0.25, 0.3) is 0 Å². The molecule has 3 unspecified atom stereocenters. The molecular weight excluding hydrogens is 188 g/mol. The highest BCUT2D eigenvalue weighted by Gasteiger charge is 2.29. The summed E-state index contributed by atoms with van der Waals surface area (Å²) in [6.07, 6.45) is 1.21. The Kier molecular flexibility index (Phi) is 3.08. The minimum atomic E-state index is -0.576. The Hall–Kier alpha value is -0.860. The van der Waals surface area contributed by atoms with Gasteiger partial charge in [-0.25, -0.2) is 0 Å². The van der Waals surface area contributed by atoms with Crippen LogP contribution in [0, 0.1) is 0 Å². The Morgan fingerprint density at radius 3 is 2.67 bits per heavy atom. The normalized spacial score (nSPS) is 22.7. The monoisotopic (exact) mass is 206 g/mol. The molecule has 1 aromatic rings. The summed E-state index contributed by atoms with van der Waals surface area (Å²) in [5, 5.41) is 19.2. The second-order valence-electron chi connectivity index (χ2n) is 4.38. The number of aliphatic hydroxyl groups is 2. The van der Waals surface area contributed by atoms with E-state index >= 15 is 0 Å². The molecule has 0 saturated heterocycles. The van der Waals surface area contributed by atoms with Crippen LogP contribution < -0.4 is 0 Å². The molecule has 0 bridgehead atoms. The summed E-state index contributed by atoms with van der Waals surface area (Å²) in [6.45, 7) is 1.89. The highest BCUT2D eigenvalue weighted by molar-refractivity contribution is 5.39. The van der Waals surface area contributed by atoms with Crippen LogP contribution in [0.4, 0.5) is 0 Å². The molecule has 2 heteroatoms. The summed E-state index contributed by atoms with van der Waals surface area (Å²) >= 11 is 0. The summed E-state index contributed by atoms with van der Waals surface area (Å²) in [7, 11) is 0. The molecule has 0 amide bonds. The Bertz CT molecular complexity index is 335. The maximum absolute atomic E-state index is 9.73. The first-order valence-corrected chi connectivity index (χ1v) is 5.66. The SMILES string of the molecule is CCC(O)C(O)CC1Cc2ccccc21. The van der Waals surface area contributed by atoms with E-state index < -0.39 is 12.2 Å². The molecule has 3 atom stereocenters. The summed E-state index contributed by atoms with van der Waals surface area (Å²) in [6, 6.07) is 8.34. The number of rotatable bonds is 4. The fraction of sp³-hybridized carbons (Fsp3) is 0.538. The predicted molar refractivity (Wildman–Crippen MR) is 59.8 cm³/mol. The predicted octanol–water partition coefficient (Wildman–Crippen LogP) is 1.85. The van der Waals surface area contributed by atoms with Gasteiger partial charge in [-0.05, 0) is 36.3 Å². The second kappa shape index (κ2) is 4.33. The van der Waals surface area contributed by atoms with Crippen molar-refractivity contribution >= 4 is 0 Å². The van der Waals surface area contributed by atoms with Crippen molar-refractivity contribution < 1.29 is 10.2 Å². The molecule has 2 N–H and O–H groups in total. The largest absolute Gasteiger partial charge is 0.390 e. The molecule has 0 aromatic heterocycles. The topological polar surface area (TPSA) is 40.5 Å². The van der Waals surface area contributed by atoms with Crippen LogP contribution in [-0.4, -0.2) is 22.4 Å². The van der Waals surface area contributed by atoms with Gasteiger partial charge in [0.15, 0.2) is 0 Å². The van der Waals surface area contributed by atoms with Crippen molar-refractivity contribution in [2.75, 3.05) is 0 Å². The van der Waals surface area contributed by atoms with Crippen LogP contribution in [0.2, 0.25) is 0 Å². The lowest BCUT2D eigenvalue weighted by Gasteiger charge is -2.32. The highest BCUT2D eigenvalue weighted by Crippen LogP contribution is 2.38. The van der Waals surface area contributed by atoms with Crippen molar-refractivity contribution in [1.82, 2.24) is 0 Å². The van der Waals surface area contributed by atoms with Gasteiger partial charge >= 0.3 is 0 Å². The van der Waals surface area contributed by atoms with Gasteiger partial charge in [-0.15, -0.1) is 0 Å². The van der Waals surface area contributed by atoms with E-state index in [2.05, 4.69) is 12.1 Å². The van der Waals surface area contributed by atoms with E-state index in [4.69, 9.17) is 0 Å². The standard InChI is InChI=1S/C13H18O2/c1-2-12(14)13(15)8-10-7-9-5-3-4-6-11(9)10/h3-6,10,12-15H,2,7-8H2,1H3. The van der Waals surface area contributed by atoms with Crippen molar-refractivity contribution in [2.24, 2.45) is 0 Å². The molecule has 1 aliphatic rings. The molecule has 0 heterocycles. The lowest BCUT2D eigenvalue weighted by molar-refractivity contribution is 0.00740. The Morgan fingerprint density at radius 1 is 1.27 bits per heavy atom. The third kappa shape index (κ3) is 2.06. The molecule has 15 heavy (non-hydrogen) atoms. The van der Waals surface area contributed by atoms with E-state index in [1.54, 1.807) is 0 Å². The Morgan fingerprint density at radius 2 is 2.00 bits per heavy atom. The lowest BCUT2D eigenvalue weighted by atomic mass is 9.74. The smallest absolute Gasteiger partial charge is 0.0804 e. The zero-order valence-electron chi connectivity index (χ0n) is 9.06. The molecule has 0 fully saturated rings. The molecule has 1 aliphatic carbocycles. The Labute approximate surface area is 90.6 Å². The molecule has 0 radical (unpaired) electrons. The summed E-state index contributed by atoms with van der Waals surface area (Å²) in [4.78, 5) is 0. The highest BCUT2D eigenvalue weighted by atomic mass is 16.3. The van der Waals surface area contributed by atoms with Crippen LogP contribution in [0.15, 0.2) is 24.3 Å². The van der Waals surface area contributed by atoms with Crippen LogP contribution in [0.3, 0.4) is 0 Å². The average Bonchev–Trinajstić information content (AvgIpc) is 2.24. The van der Waals surface area contributed by atoms with Gasteiger partial charge in [-0.3, -0.25) is 0 Å². The van der Waals surface area contributed by atoms with Crippen LogP contribution in [0.25, 0.3) is 0 Å². The van der Waals surface area contributed by atoms with Gasteiger partial charge in [0.05, 0.1) is 12.2 Å². The van der Waals surface area contributed by atoms with Gasteiger partial charge in [0.2, 0.25) is 0 Å². The van der Waals surface area contributed by atoms with Gasteiger partial charge in [-0.2, -0.15) is 0 Å². The first kappa shape index (κ1) is 10.7. The van der Waals surface area contributed by atoms with Crippen LogP contribution in [-0.2, 0) is 6.42 Å². The van der Waals surface area contributed by atoms with Crippen molar-refractivity contribution in [3.8, 4) is 0 Å². The fourth-order valence-corrected chi connectivity index (χ4v) is 2.29. The molecule has 82 valence electrons. The quantitative estimate of drug-likeness (QED) is 0.789. The van der Waals surface area contributed by atoms with Gasteiger partial charge in [0, 0.05) is 0 Å². The third-order valence-electron chi connectivity index (χ3n) is 3.35. The van der Waals surface area contributed by atoms with E-state index in [-0.39, 0.29) is 0 Å². The summed E-state index contributed by atoms with van der Waals surface area (Å²) < 4.78 is 0. The van der Waals surface area contributed by atoms with Crippen molar-refractivity contribution in [3.63, 3.8) is 0 Å². The van der Waals surface area contributed by atoms with E-state index in [0.717, 1.165) is 6.42 Å². The van der Waals surface area contributed by atoms with Crippen LogP contribution >= 0.6 is 0 Å². The molecule has 0 spiro atoms. The van der Waals surface area contributed by atoms with Crippen LogP contribution in [0.1, 0.15) is 36.8 Å². The Balaban J connectivity index is 1.94. The zero-order chi connectivity index (χ0) is 10.8. The maximum atomic E-state index is 9.73. The number of hydrogen-bond acceptors (Lipinski definition) is 2. The first-order valence-electron chi connectivity index (χ1n) is 5.66. The molecule has 0 saturated carbocycles. The van der Waals surface area contributed by atoms with E-state index in [1.807, 2.05) is 19.1 Å². The molecule has 2 rings (SSSR count). The zero-order valence-corrected chi connectivity index (χ0v) is 9.06. The first-order chi connectivity index (χ1) is 7.22. The molecule has 2 nitrogen and oxygen atoms in total. The fourth-order valence-electron chi connectivity index (χ4n) is 2.29. The minimum Gasteiger partial charge on any atom is -0.390 e. The van der Waals surface area contributed by atoms with Crippen molar-refractivity contribution in [1.29, 1.82) is 0 Å². The molecule has 1 aromatic carbocycles. The van der Waals surface area contributed by atoms with Crippen molar-refractivity contribution in [3.05, 3.63) is 35.4 Å². The van der Waals surface area contributed by atoms with Gasteiger partial charge in [0.1, 0.15) is 0 Å². The van der Waals surface area contributed by atoms with E-state index in [1.165, 1.54) is 11.1 Å². The van der Waals surface area contributed by atoms with Gasteiger partial charge in [-0.1, -0.05) is 31.2 Å². The minimum absolute atomic E-state index is 0.442. The number of aliphatic hydroxyl groups excluding tert-OH is 2. The number of fused-ring (bicyclic) bond motifs is 1. The second-order valence-corrected chi connectivity index (χ2v) is 4.38. The van der Waals surface area contributed by atoms with Crippen LogP contribution in [0.5, 0.6) is 0 Å². The summed E-state index contributed by atoms with van der Waals surface area (Å²) in [5.41, 5.74) is 2.74. The van der Waals surface area contributed by atoms with Crippen molar-refractivity contribution in [2.45, 2.75) is 44.3 Å². The number of hydrogen-bond donors (Lipinski definition) is 2.